The zero-order valence-corrected chi connectivity index (χ0v) is 11.4. The Morgan fingerprint density at radius 2 is 2.17 bits per heavy atom. The smallest absolute Gasteiger partial charge is 0.246 e. The van der Waals surface area contributed by atoms with E-state index in [0.717, 1.165) is 12.8 Å². The summed E-state index contributed by atoms with van der Waals surface area (Å²) in [6.07, 6.45) is 2.06. The minimum atomic E-state index is -0.337. The average molecular weight is 254 g/mol. The maximum atomic E-state index is 12.0. The van der Waals surface area contributed by atoms with Gasteiger partial charge in [-0.05, 0) is 33.6 Å². The van der Waals surface area contributed by atoms with E-state index in [4.69, 9.17) is 4.74 Å². The lowest BCUT2D eigenvalue weighted by Crippen LogP contribution is -2.49. The van der Waals surface area contributed by atoms with Crippen molar-refractivity contribution in [2.45, 2.75) is 57.7 Å². The molecule has 2 saturated heterocycles. The predicted molar refractivity (Wildman–Crippen MR) is 67.0 cm³/mol. The molecule has 0 bridgehead atoms. The Morgan fingerprint density at radius 1 is 1.44 bits per heavy atom. The van der Waals surface area contributed by atoms with Gasteiger partial charge in [-0.15, -0.1) is 0 Å². The summed E-state index contributed by atoms with van der Waals surface area (Å²) in [5.41, 5.74) is -0.147. The number of nitrogens with one attached hydrogen (secondary N) is 1. The van der Waals surface area contributed by atoms with Crippen LogP contribution in [0.5, 0.6) is 0 Å². The molecular formula is C13H22N2O3. The second-order valence-corrected chi connectivity index (χ2v) is 5.70. The molecule has 0 aromatic carbocycles. The minimum absolute atomic E-state index is 0.0636. The molecule has 2 aliphatic rings. The van der Waals surface area contributed by atoms with Gasteiger partial charge in [0.15, 0.2) is 0 Å². The number of hydrogen-bond donors (Lipinski definition) is 1. The zero-order chi connectivity index (χ0) is 13.3. The first kappa shape index (κ1) is 13.5. The van der Waals surface area contributed by atoms with Crippen LogP contribution in [0.25, 0.3) is 0 Å². The van der Waals surface area contributed by atoms with Gasteiger partial charge in [0.25, 0.3) is 0 Å². The summed E-state index contributed by atoms with van der Waals surface area (Å²) in [6.45, 7) is 7.11. The van der Waals surface area contributed by atoms with E-state index in [1.54, 1.807) is 0 Å². The van der Waals surface area contributed by atoms with Crippen LogP contribution in [0.1, 0.15) is 40.0 Å². The molecule has 1 N–H and O–H groups in total. The Hall–Kier alpha value is -0.940. The van der Waals surface area contributed by atoms with Gasteiger partial charge >= 0.3 is 0 Å². The normalized spacial score (nSPS) is 32.1. The Kier molecular flexibility index (Phi) is 3.73. The fraction of sp³-hybridized carbons (Fsp3) is 0.846. The Bertz CT molecular complexity index is 354. The highest BCUT2D eigenvalue weighted by Gasteiger charge is 2.39. The molecule has 0 aliphatic carbocycles. The van der Waals surface area contributed by atoms with Crippen molar-refractivity contribution in [2.24, 2.45) is 0 Å². The number of likely N-dealkylation sites (N-methyl/N-ethyl adjacent to an activating group) is 1. The summed E-state index contributed by atoms with van der Waals surface area (Å²) in [4.78, 5) is 25.0. The van der Waals surface area contributed by atoms with E-state index in [9.17, 15) is 9.59 Å². The van der Waals surface area contributed by atoms with Crippen molar-refractivity contribution in [1.82, 2.24) is 10.2 Å². The molecule has 5 nitrogen and oxygen atoms in total. The fourth-order valence-electron chi connectivity index (χ4n) is 2.80. The summed E-state index contributed by atoms with van der Waals surface area (Å²) < 4.78 is 5.65. The van der Waals surface area contributed by atoms with Crippen molar-refractivity contribution in [3.63, 3.8) is 0 Å². The van der Waals surface area contributed by atoms with E-state index in [1.807, 2.05) is 6.92 Å². The molecule has 0 aromatic rings. The van der Waals surface area contributed by atoms with Gasteiger partial charge in [-0.2, -0.15) is 0 Å². The van der Waals surface area contributed by atoms with E-state index in [0.29, 0.717) is 19.6 Å². The van der Waals surface area contributed by atoms with Crippen LogP contribution in [0.4, 0.5) is 0 Å². The summed E-state index contributed by atoms with van der Waals surface area (Å²) in [7, 11) is 0. The van der Waals surface area contributed by atoms with E-state index in [-0.39, 0.29) is 29.5 Å². The lowest BCUT2D eigenvalue weighted by Gasteiger charge is -2.36. The Labute approximate surface area is 108 Å². The monoisotopic (exact) mass is 254 g/mol. The van der Waals surface area contributed by atoms with Crippen LogP contribution in [-0.4, -0.2) is 47.6 Å². The summed E-state index contributed by atoms with van der Waals surface area (Å²) >= 11 is 0. The van der Waals surface area contributed by atoms with Gasteiger partial charge in [0.1, 0.15) is 0 Å². The fourth-order valence-corrected chi connectivity index (χ4v) is 2.80. The first-order valence-corrected chi connectivity index (χ1v) is 6.67. The van der Waals surface area contributed by atoms with Gasteiger partial charge in [-0.1, -0.05) is 0 Å². The number of rotatable bonds is 3. The maximum Gasteiger partial charge on any atom is 0.246 e. The number of likely N-dealkylation sites (tertiary alicyclic amines) is 1. The number of imide groups is 1. The van der Waals surface area contributed by atoms with Crippen molar-refractivity contribution >= 4 is 11.8 Å². The minimum Gasteiger partial charge on any atom is -0.375 e. The van der Waals surface area contributed by atoms with Crippen LogP contribution in [0.15, 0.2) is 0 Å². The predicted octanol–water partition coefficient (Wildman–Crippen LogP) is 0.681. The van der Waals surface area contributed by atoms with E-state index in [1.165, 1.54) is 4.90 Å². The van der Waals surface area contributed by atoms with Crippen molar-refractivity contribution < 1.29 is 14.3 Å². The van der Waals surface area contributed by atoms with Crippen molar-refractivity contribution in [3.05, 3.63) is 0 Å². The molecule has 2 aliphatic heterocycles. The molecule has 2 amide bonds. The highest BCUT2D eigenvalue weighted by molar-refractivity contribution is 6.05. The molecule has 5 heteroatoms. The average Bonchev–Trinajstić information content (AvgIpc) is 2.52. The van der Waals surface area contributed by atoms with Gasteiger partial charge in [-0.3, -0.25) is 14.5 Å². The molecule has 2 heterocycles. The molecule has 0 saturated carbocycles. The summed E-state index contributed by atoms with van der Waals surface area (Å²) in [5, 5.41) is 3.33. The third-order valence-corrected chi connectivity index (χ3v) is 3.69. The van der Waals surface area contributed by atoms with Gasteiger partial charge in [0, 0.05) is 19.2 Å². The second-order valence-electron chi connectivity index (χ2n) is 5.70. The van der Waals surface area contributed by atoms with Crippen LogP contribution >= 0.6 is 0 Å². The molecule has 0 spiro atoms. The van der Waals surface area contributed by atoms with Crippen LogP contribution in [0, 0.1) is 0 Å². The van der Waals surface area contributed by atoms with Crippen molar-refractivity contribution in [2.75, 3.05) is 13.2 Å². The number of carbonyl (C=O) groups excluding carboxylic acids is 2. The molecule has 2 unspecified atom stereocenters. The van der Waals surface area contributed by atoms with Crippen LogP contribution < -0.4 is 5.32 Å². The first-order chi connectivity index (χ1) is 8.43. The van der Waals surface area contributed by atoms with Gasteiger partial charge in [0.2, 0.25) is 11.8 Å². The quantitative estimate of drug-likeness (QED) is 0.753. The molecule has 102 valence electrons. The zero-order valence-electron chi connectivity index (χ0n) is 11.4. The summed E-state index contributed by atoms with van der Waals surface area (Å²) in [6, 6.07) is -0.0799. The molecule has 0 radical (unpaired) electrons. The van der Waals surface area contributed by atoms with Gasteiger partial charge in [-0.25, -0.2) is 0 Å². The Balaban J connectivity index is 1.94. The molecule has 2 rings (SSSR count). The number of ether oxygens (including phenoxy) is 1. The van der Waals surface area contributed by atoms with E-state index < -0.39 is 0 Å². The SMILES string of the molecule is CCN1C(=O)CC(NC2CCOC(C)(C)C2)C1=O. The second kappa shape index (κ2) is 4.97. The third-order valence-electron chi connectivity index (χ3n) is 3.69. The number of amides is 2. The van der Waals surface area contributed by atoms with Crippen LogP contribution in [-0.2, 0) is 14.3 Å². The Morgan fingerprint density at radius 3 is 2.72 bits per heavy atom. The van der Waals surface area contributed by atoms with Gasteiger partial charge in [0.05, 0.1) is 18.1 Å². The largest absolute Gasteiger partial charge is 0.375 e. The maximum absolute atomic E-state index is 12.0. The van der Waals surface area contributed by atoms with Crippen LogP contribution in [0.2, 0.25) is 0 Å². The highest BCUT2D eigenvalue weighted by Crippen LogP contribution is 2.25. The van der Waals surface area contributed by atoms with Crippen molar-refractivity contribution in [3.8, 4) is 0 Å². The number of carbonyl (C=O) groups is 2. The third kappa shape index (κ3) is 2.72. The standard InChI is InChI=1S/C13H22N2O3/c1-4-15-11(16)7-10(12(15)17)14-9-5-6-18-13(2,3)8-9/h9-10,14H,4-8H2,1-3H3. The molecule has 0 aromatic heterocycles. The molecule has 2 fully saturated rings. The lowest BCUT2D eigenvalue weighted by molar-refractivity contribution is -0.138. The summed E-state index contributed by atoms with van der Waals surface area (Å²) in [5.74, 6) is -0.141. The topological polar surface area (TPSA) is 58.6 Å². The van der Waals surface area contributed by atoms with E-state index >= 15 is 0 Å². The van der Waals surface area contributed by atoms with Gasteiger partial charge < -0.3 is 10.1 Å². The number of nitrogens with zero attached hydrogens (tertiary/aromatic N) is 1. The molecule has 2 atom stereocenters. The first-order valence-electron chi connectivity index (χ1n) is 6.67. The van der Waals surface area contributed by atoms with Crippen molar-refractivity contribution in [1.29, 1.82) is 0 Å². The molecular weight excluding hydrogens is 232 g/mol. The van der Waals surface area contributed by atoms with E-state index in [2.05, 4.69) is 19.2 Å². The lowest BCUT2D eigenvalue weighted by atomic mass is 9.93. The van der Waals surface area contributed by atoms with Crippen LogP contribution in [0.3, 0.4) is 0 Å². The highest BCUT2D eigenvalue weighted by atomic mass is 16.5. The molecule has 18 heavy (non-hydrogen) atoms. The number of hydrogen-bond acceptors (Lipinski definition) is 4.